The molecule has 0 spiro atoms. The van der Waals surface area contributed by atoms with Crippen LogP contribution in [-0.4, -0.2) is 43.3 Å². The fraction of sp³-hybridized carbons (Fsp3) is 0.636. The van der Waals surface area contributed by atoms with E-state index in [1.54, 1.807) is 6.20 Å². The van der Waals surface area contributed by atoms with Crippen LogP contribution in [0.15, 0.2) is 12.3 Å². The summed E-state index contributed by atoms with van der Waals surface area (Å²) >= 11 is 0. The maximum atomic E-state index is 5.34. The number of aromatic nitrogens is 2. The van der Waals surface area contributed by atoms with E-state index in [9.17, 15) is 0 Å². The molecule has 0 bridgehead atoms. The molecule has 1 aromatic rings. The summed E-state index contributed by atoms with van der Waals surface area (Å²) < 4.78 is 5.34. The van der Waals surface area contributed by atoms with E-state index in [-0.39, 0.29) is 0 Å². The smallest absolute Gasteiger partial charge is 0.224 e. The molecule has 1 heterocycles. The Morgan fingerprint density at radius 1 is 1.44 bits per heavy atom. The number of ether oxygens (including phenoxy) is 1. The molecule has 0 aliphatic heterocycles. The van der Waals surface area contributed by atoms with Gasteiger partial charge in [0.25, 0.3) is 0 Å². The van der Waals surface area contributed by atoms with Gasteiger partial charge in [-0.25, -0.2) is 4.98 Å². The summed E-state index contributed by atoms with van der Waals surface area (Å²) in [7, 11) is 1.82. The number of nitrogens with zero attached hydrogens (tertiary/aromatic N) is 3. The minimum atomic E-state index is 0.646. The lowest BCUT2D eigenvalue weighted by atomic mass is 10.4. The van der Waals surface area contributed by atoms with E-state index in [0.717, 1.165) is 32.1 Å². The first-order valence-corrected chi connectivity index (χ1v) is 5.65. The molecule has 1 aromatic heterocycles. The lowest BCUT2D eigenvalue weighted by Gasteiger charge is -2.21. The number of rotatable bonds is 7. The van der Waals surface area contributed by atoms with Crippen LogP contribution in [0, 0.1) is 0 Å². The van der Waals surface area contributed by atoms with Crippen molar-refractivity contribution in [3.8, 4) is 0 Å². The number of nitrogens with one attached hydrogen (secondary N) is 1. The highest BCUT2D eigenvalue weighted by Crippen LogP contribution is 2.11. The highest BCUT2D eigenvalue weighted by atomic mass is 16.5. The molecule has 0 radical (unpaired) electrons. The van der Waals surface area contributed by atoms with Crippen LogP contribution in [0.5, 0.6) is 0 Å². The van der Waals surface area contributed by atoms with Crippen LogP contribution in [0.1, 0.15) is 13.8 Å². The van der Waals surface area contributed by atoms with Gasteiger partial charge in [-0.05, 0) is 19.9 Å². The van der Waals surface area contributed by atoms with Gasteiger partial charge < -0.3 is 15.0 Å². The monoisotopic (exact) mass is 224 g/mol. The first-order chi connectivity index (χ1) is 7.81. The second-order valence-corrected chi connectivity index (χ2v) is 3.27. The fourth-order valence-corrected chi connectivity index (χ4v) is 1.40. The van der Waals surface area contributed by atoms with Gasteiger partial charge in [-0.2, -0.15) is 4.98 Å². The molecule has 5 nitrogen and oxygen atoms in total. The van der Waals surface area contributed by atoms with E-state index in [1.807, 2.05) is 20.0 Å². The predicted octanol–water partition coefficient (Wildman–Crippen LogP) is 1.38. The second-order valence-electron chi connectivity index (χ2n) is 3.27. The zero-order chi connectivity index (χ0) is 11.8. The largest absolute Gasteiger partial charge is 0.380 e. The summed E-state index contributed by atoms with van der Waals surface area (Å²) in [6, 6.07) is 1.91. The van der Waals surface area contributed by atoms with Crippen molar-refractivity contribution in [1.29, 1.82) is 0 Å². The van der Waals surface area contributed by atoms with Crippen LogP contribution in [0.4, 0.5) is 11.8 Å². The first kappa shape index (κ1) is 12.7. The topological polar surface area (TPSA) is 50.3 Å². The molecule has 0 aromatic carbocycles. The lowest BCUT2D eigenvalue weighted by Crippen LogP contribution is -2.28. The van der Waals surface area contributed by atoms with E-state index in [0.29, 0.717) is 5.95 Å². The van der Waals surface area contributed by atoms with Crippen LogP contribution in [0.2, 0.25) is 0 Å². The molecule has 90 valence electrons. The van der Waals surface area contributed by atoms with Crippen molar-refractivity contribution >= 4 is 11.8 Å². The van der Waals surface area contributed by atoms with E-state index in [4.69, 9.17) is 4.74 Å². The van der Waals surface area contributed by atoms with E-state index >= 15 is 0 Å². The first-order valence-electron chi connectivity index (χ1n) is 5.65. The molecule has 0 saturated heterocycles. The summed E-state index contributed by atoms with van der Waals surface area (Å²) in [5, 5.41) is 2.93. The number of hydrogen-bond acceptors (Lipinski definition) is 5. The van der Waals surface area contributed by atoms with Crippen molar-refractivity contribution in [1.82, 2.24) is 9.97 Å². The molecule has 0 aliphatic carbocycles. The fourth-order valence-electron chi connectivity index (χ4n) is 1.40. The number of likely N-dealkylation sites (N-methyl/N-ethyl adjacent to an activating group) is 1. The Balaban J connectivity index is 2.62. The van der Waals surface area contributed by atoms with Gasteiger partial charge >= 0.3 is 0 Å². The third-order valence-corrected chi connectivity index (χ3v) is 2.28. The van der Waals surface area contributed by atoms with Gasteiger partial charge in [0.2, 0.25) is 5.95 Å². The number of anilines is 2. The van der Waals surface area contributed by atoms with Crippen LogP contribution in [0.3, 0.4) is 0 Å². The van der Waals surface area contributed by atoms with E-state index in [2.05, 4.69) is 27.1 Å². The summed E-state index contributed by atoms with van der Waals surface area (Å²) in [4.78, 5) is 10.6. The Kier molecular flexibility index (Phi) is 5.56. The van der Waals surface area contributed by atoms with Crippen molar-refractivity contribution < 1.29 is 4.74 Å². The second kappa shape index (κ2) is 7.00. The zero-order valence-electron chi connectivity index (χ0n) is 10.2. The third-order valence-electron chi connectivity index (χ3n) is 2.28. The molecule has 5 heteroatoms. The summed E-state index contributed by atoms with van der Waals surface area (Å²) in [5.41, 5.74) is 0. The van der Waals surface area contributed by atoms with Crippen molar-refractivity contribution in [2.75, 3.05) is 43.6 Å². The van der Waals surface area contributed by atoms with Crippen molar-refractivity contribution in [2.24, 2.45) is 0 Å². The normalized spacial score (nSPS) is 10.2. The van der Waals surface area contributed by atoms with Gasteiger partial charge in [0, 0.05) is 32.9 Å². The number of hydrogen-bond donors (Lipinski definition) is 1. The lowest BCUT2D eigenvalue weighted by molar-refractivity contribution is 0.154. The summed E-state index contributed by atoms with van der Waals surface area (Å²) in [6.45, 7) is 7.34. The van der Waals surface area contributed by atoms with Crippen LogP contribution in [-0.2, 0) is 4.74 Å². The summed E-state index contributed by atoms with van der Waals surface area (Å²) in [6.07, 6.45) is 1.76. The molecule has 0 atom stereocenters. The molecule has 1 N–H and O–H groups in total. The van der Waals surface area contributed by atoms with Gasteiger partial charge in [0.1, 0.15) is 5.82 Å². The molecule has 0 amide bonds. The van der Waals surface area contributed by atoms with Gasteiger partial charge in [-0.15, -0.1) is 0 Å². The Bertz CT molecular complexity index is 306. The molecule has 1 rings (SSSR count). The Morgan fingerprint density at radius 2 is 2.25 bits per heavy atom. The van der Waals surface area contributed by atoms with Crippen LogP contribution >= 0.6 is 0 Å². The highest BCUT2D eigenvalue weighted by molar-refractivity contribution is 5.41. The molecule has 0 fully saturated rings. The molecule has 0 unspecified atom stereocenters. The average Bonchev–Trinajstić information content (AvgIpc) is 2.35. The standard InChI is InChI=1S/C11H20N4O/c1-4-15(8-9-16-5-2)10-6-7-13-11(12-3)14-10/h6-7H,4-5,8-9H2,1-3H3,(H,12,13,14). The van der Waals surface area contributed by atoms with Gasteiger partial charge in [0.05, 0.1) is 6.61 Å². The Morgan fingerprint density at radius 3 is 2.88 bits per heavy atom. The Labute approximate surface area is 96.8 Å². The van der Waals surface area contributed by atoms with Crippen molar-refractivity contribution in [3.63, 3.8) is 0 Å². The van der Waals surface area contributed by atoms with E-state index in [1.165, 1.54) is 0 Å². The molecule has 0 saturated carbocycles. The zero-order valence-corrected chi connectivity index (χ0v) is 10.2. The minimum Gasteiger partial charge on any atom is -0.380 e. The molecular formula is C11H20N4O. The highest BCUT2D eigenvalue weighted by Gasteiger charge is 2.06. The summed E-state index contributed by atoms with van der Waals surface area (Å²) in [5.74, 6) is 1.58. The Hall–Kier alpha value is -1.36. The van der Waals surface area contributed by atoms with E-state index < -0.39 is 0 Å². The van der Waals surface area contributed by atoms with Gasteiger partial charge in [0.15, 0.2) is 0 Å². The van der Waals surface area contributed by atoms with Crippen LogP contribution in [0.25, 0.3) is 0 Å². The minimum absolute atomic E-state index is 0.646. The van der Waals surface area contributed by atoms with Gasteiger partial charge in [-0.3, -0.25) is 0 Å². The van der Waals surface area contributed by atoms with Gasteiger partial charge in [-0.1, -0.05) is 0 Å². The molecule has 0 aliphatic rings. The average molecular weight is 224 g/mol. The molecular weight excluding hydrogens is 204 g/mol. The van der Waals surface area contributed by atoms with Crippen LogP contribution < -0.4 is 10.2 Å². The van der Waals surface area contributed by atoms with Crippen molar-refractivity contribution in [3.05, 3.63) is 12.3 Å². The quantitative estimate of drug-likeness (QED) is 0.709. The predicted molar refractivity (Wildman–Crippen MR) is 66.0 cm³/mol. The molecule has 16 heavy (non-hydrogen) atoms. The van der Waals surface area contributed by atoms with Crippen molar-refractivity contribution in [2.45, 2.75) is 13.8 Å². The third kappa shape index (κ3) is 3.66. The maximum absolute atomic E-state index is 5.34. The maximum Gasteiger partial charge on any atom is 0.224 e. The SMILES string of the molecule is CCOCCN(CC)c1ccnc(NC)n1.